The molecule has 2 atom stereocenters. The monoisotopic (exact) mass is 466 g/mol. The smallest absolute Gasteiger partial charge is 0.191 e. The van der Waals surface area contributed by atoms with Crippen molar-refractivity contribution >= 4 is 29.9 Å². The molecule has 0 aromatic rings. The molecule has 6 heteroatoms. The highest BCUT2D eigenvalue weighted by atomic mass is 127. The van der Waals surface area contributed by atoms with E-state index in [1.165, 1.54) is 32.1 Å². The maximum Gasteiger partial charge on any atom is 0.191 e. The van der Waals surface area contributed by atoms with Gasteiger partial charge in [-0.15, -0.1) is 24.0 Å². The molecule has 1 heterocycles. The number of guanidine groups is 1. The second-order valence-corrected chi connectivity index (χ2v) is 7.71. The van der Waals surface area contributed by atoms with Crippen LogP contribution in [0.5, 0.6) is 0 Å². The number of likely N-dealkylation sites (N-methyl/N-ethyl adjacent to an activating group) is 1. The highest BCUT2D eigenvalue weighted by Crippen LogP contribution is 2.27. The largest absolute Gasteiger partial charge is 0.381 e. The zero-order valence-electron chi connectivity index (χ0n) is 16.6. The molecule has 2 unspecified atom stereocenters. The lowest BCUT2D eigenvalue weighted by Crippen LogP contribution is -2.52. The van der Waals surface area contributed by atoms with E-state index in [1.807, 2.05) is 0 Å². The molecule has 0 bridgehead atoms. The molecule has 25 heavy (non-hydrogen) atoms. The summed E-state index contributed by atoms with van der Waals surface area (Å²) in [6, 6.07) is 0.575. The minimum Gasteiger partial charge on any atom is -0.381 e. The number of ether oxygens (including phenoxy) is 1. The van der Waals surface area contributed by atoms with Gasteiger partial charge in [-0.2, -0.15) is 0 Å². The van der Waals surface area contributed by atoms with Gasteiger partial charge in [0.15, 0.2) is 5.96 Å². The maximum absolute atomic E-state index is 5.57. The summed E-state index contributed by atoms with van der Waals surface area (Å²) in [5.41, 5.74) is 0.138. The minimum atomic E-state index is 0. The van der Waals surface area contributed by atoms with E-state index in [2.05, 4.69) is 43.5 Å². The van der Waals surface area contributed by atoms with Gasteiger partial charge in [-0.25, -0.2) is 0 Å². The molecule has 0 spiro atoms. The molecule has 2 N–H and O–H groups in total. The Balaban J connectivity index is 0.00000312. The number of nitrogens with one attached hydrogen (secondary N) is 2. The van der Waals surface area contributed by atoms with E-state index in [1.54, 1.807) is 0 Å². The van der Waals surface area contributed by atoms with Crippen molar-refractivity contribution in [3.63, 3.8) is 0 Å². The zero-order chi connectivity index (χ0) is 17.4. The third-order valence-corrected chi connectivity index (χ3v) is 5.95. The second-order valence-electron chi connectivity index (χ2n) is 7.71. The van der Waals surface area contributed by atoms with Crippen LogP contribution in [-0.4, -0.2) is 62.8 Å². The molecule has 1 saturated carbocycles. The molecule has 0 aromatic carbocycles. The first kappa shape index (κ1) is 23.0. The molecule has 1 aliphatic carbocycles. The summed E-state index contributed by atoms with van der Waals surface area (Å²) in [7, 11) is 4.35. The molecule has 2 fully saturated rings. The Morgan fingerprint density at radius 3 is 2.52 bits per heavy atom. The van der Waals surface area contributed by atoms with Crippen LogP contribution in [0.2, 0.25) is 0 Å². The highest BCUT2D eigenvalue weighted by molar-refractivity contribution is 14.0. The van der Waals surface area contributed by atoms with Crippen molar-refractivity contribution in [3.05, 3.63) is 0 Å². The third-order valence-electron chi connectivity index (χ3n) is 5.95. The van der Waals surface area contributed by atoms with Gasteiger partial charge in [0.25, 0.3) is 0 Å². The Bertz CT molecular complexity index is 397. The Hall–Kier alpha value is -0.0800. The van der Waals surface area contributed by atoms with E-state index in [-0.39, 0.29) is 29.5 Å². The van der Waals surface area contributed by atoms with Gasteiger partial charge in [0.2, 0.25) is 0 Å². The van der Waals surface area contributed by atoms with Crippen LogP contribution in [-0.2, 0) is 4.74 Å². The highest BCUT2D eigenvalue weighted by Gasteiger charge is 2.34. The van der Waals surface area contributed by atoms with Crippen molar-refractivity contribution in [2.24, 2.45) is 10.9 Å². The molecule has 0 amide bonds. The van der Waals surface area contributed by atoms with Crippen LogP contribution < -0.4 is 10.6 Å². The van der Waals surface area contributed by atoms with Crippen LogP contribution in [0.25, 0.3) is 0 Å². The molecule has 0 aromatic heterocycles. The van der Waals surface area contributed by atoms with Crippen LogP contribution in [0.4, 0.5) is 0 Å². The summed E-state index contributed by atoms with van der Waals surface area (Å²) in [6.07, 6.45) is 8.71. The Morgan fingerprint density at radius 2 is 1.92 bits per heavy atom. The summed E-state index contributed by atoms with van der Waals surface area (Å²) in [5.74, 6) is 1.87. The van der Waals surface area contributed by atoms with Gasteiger partial charge >= 0.3 is 0 Å². The van der Waals surface area contributed by atoms with E-state index >= 15 is 0 Å². The molecular weight excluding hydrogens is 427 g/mol. The summed E-state index contributed by atoms with van der Waals surface area (Å²) < 4.78 is 5.57. The van der Waals surface area contributed by atoms with E-state index in [0.29, 0.717) is 6.04 Å². The van der Waals surface area contributed by atoms with Gasteiger partial charge < -0.3 is 20.3 Å². The minimum absolute atomic E-state index is 0. The van der Waals surface area contributed by atoms with Crippen molar-refractivity contribution in [2.45, 2.75) is 70.4 Å². The Labute approximate surface area is 171 Å². The third kappa shape index (κ3) is 6.86. The maximum atomic E-state index is 5.57. The second kappa shape index (κ2) is 11.6. The topological polar surface area (TPSA) is 48.9 Å². The van der Waals surface area contributed by atoms with E-state index in [4.69, 9.17) is 9.73 Å². The standard InChI is InChI=1S/C19H38N4O.HI/c1-5-16-8-7-9-17(14-16)22-18(20-6-2)21-15-19(23(3)4)10-12-24-13-11-19;/h16-17H,5-15H2,1-4H3,(H2,20,21,22);1H. The molecule has 1 saturated heterocycles. The first-order chi connectivity index (χ1) is 11.6. The molecule has 5 nitrogen and oxygen atoms in total. The SMILES string of the molecule is CCNC(=NCC1(N(C)C)CCOCC1)NC1CCCC(CC)C1.I. The fourth-order valence-corrected chi connectivity index (χ4v) is 4.03. The molecule has 0 radical (unpaired) electrons. The number of hydrogen-bond donors (Lipinski definition) is 2. The summed E-state index contributed by atoms with van der Waals surface area (Å²) in [5, 5.41) is 7.15. The predicted molar refractivity (Wildman–Crippen MR) is 117 cm³/mol. The van der Waals surface area contributed by atoms with Crippen molar-refractivity contribution in [2.75, 3.05) is 40.4 Å². The lowest BCUT2D eigenvalue weighted by atomic mass is 9.84. The molecule has 1 aliphatic heterocycles. The number of rotatable bonds is 6. The van der Waals surface area contributed by atoms with E-state index in [9.17, 15) is 0 Å². The summed E-state index contributed by atoms with van der Waals surface area (Å²) in [6.45, 7) is 7.90. The fourth-order valence-electron chi connectivity index (χ4n) is 4.03. The van der Waals surface area contributed by atoms with Gasteiger partial charge in [0.05, 0.1) is 6.54 Å². The number of halogens is 1. The van der Waals surface area contributed by atoms with Crippen molar-refractivity contribution in [1.29, 1.82) is 0 Å². The van der Waals surface area contributed by atoms with Crippen molar-refractivity contribution in [3.8, 4) is 0 Å². The first-order valence-electron chi connectivity index (χ1n) is 9.89. The molecule has 148 valence electrons. The number of nitrogens with zero attached hydrogens (tertiary/aromatic N) is 2. The van der Waals surface area contributed by atoms with Crippen LogP contribution >= 0.6 is 24.0 Å². The van der Waals surface area contributed by atoms with Crippen molar-refractivity contribution in [1.82, 2.24) is 15.5 Å². The summed E-state index contributed by atoms with van der Waals surface area (Å²) in [4.78, 5) is 7.32. The van der Waals surface area contributed by atoms with Crippen LogP contribution in [0, 0.1) is 5.92 Å². The zero-order valence-corrected chi connectivity index (χ0v) is 19.0. The van der Waals surface area contributed by atoms with Gasteiger partial charge in [-0.3, -0.25) is 4.99 Å². The van der Waals surface area contributed by atoms with Crippen LogP contribution in [0.3, 0.4) is 0 Å². The molecular formula is C19H39IN4O. The van der Waals surface area contributed by atoms with E-state index < -0.39 is 0 Å². The predicted octanol–water partition coefficient (Wildman–Crippen LogP) is 3.24. The Kier molecular flexibility index (Phi) is 10.6. The van der Waals surface area contributed by atoms with Crippen molar-refractivity contribution < 1.29 is 4.74 Å². The van der Waals surface area contributed by atoms with Gasteiger partial charge in [0.1, 0.15) is 0 Å². The first-order valence-corrected chi connectivity index (χ1v) is 9.89. The van der Waals surface area contributed by atoms with E-state index in [0.717, 1.165) is 51.0 Å². The lowest BCUT2D eigenvalue weighted by molar-refractivity contribution is -0.00256. The fraction of sp³-hybridized carbons (Fsp3) is 0.947. The lowest BCUT2D eigenvalue weighted by Gasteiger charge is -2.42. The average molecular weight is 466 g/mol. The number of aliphatic imine (C=N–C) groups is 1. The quantitative estimate of drug-likeness (QED) is 0.359. The van der Waals surface area contributed by atoms with Gasteiger partial charge in [-0.1, -0.05) is 26.2 Å². The van der Waals surface area contributed by atoms with Crippen LogP contribution in [0.1, 0.15) is 58.8 Å². The van der Waals surface area contributed by atoms with Gasteiger partial charge in [0, 0.05) is 31.3 Å². The average Bonchev–Trinajstić information content (AvgIpc) is 2.61. The molecule has 2 aliphatic rings. The Morgan fingerprint density at radius 1 is 1.20 bits per heavy atom. The normalized spacial score (nSPS) is 26.8. The number of hydrogen-bond acceptors (Lipinski definition) is 3. The summed E-state index contributed by atoms with van der Waals surface area (Å²) >= 11 is 0. The van der Waals surface area contributed by atoms with Crippen LogP contribution in [0.15, 0.2) is 4.99 Å². The molecule has 2 rings (SSSR count). The van der Waals surface area contributed by atoms with Gasteiger partial charge in [-0.05, 0) is 52.6 Å².